The van der Waals surface area contributed by atoms with Gasteiger partial charge in [0.2, 0.25) is 0 Å². The predicted molar refractivity (Wildman–Crippen MR) is 48.0 cm³/mol. The Bertz CT molecular complexity index is 192. The van der Waals surface area contributed by atoms with Crippen LogP contribution in [0.4, 0.5) is 0 Å². The molecule has 0 N–H and O–H groups in total. The van der Waals surface area contributed by atoms with Crippen LogP contribution in [-0.4, -0.2) is 31.3 Å². The Morgan fingerprint density at radius 1 is 1.67 bits per heavy atom. The fraction of sp³-hybridized carbons (Fsp3) is 0.900. The van der Waals surface area contributed by atoms with E-state index in [1.807, 2.05) is 0 Å². The van der Waals surface area contributed by atoms with Crippen LogP contribution in [0.25, 0.3) is 0 Å². The zero-order valence-electron chi connectivity index (χ0n) is 7.75. The zero-order chi connectivity index (χ0) is 8.60. The number of piperidine rings is 1. The molecular weight excluding hydrogens is 150 g/mol. The number of carbonyl (C=O) groups is 1. The molecule has 1 aliphatic carbocycles. The Hall–Kier alpha value is -0.370. The van der Waals surface area contributed by atoms with Gasteiger partial charge in [0, 0.05) is 13.0 Å². The molecule has 0 radical (unpaired) electrons. The number of rotatable bonds is 2. The maximum Gasteiger partial charge on any atom is 0.120 e. The topological polar surface area (TPSA) is 20.3 Å². The van der Waals surface area contributed by atoms with Gasteiger partial charge < -0.3 is 9.69 Å². The molecule has 1 saturated heterocycles. The van der Waals surface area contributed by atoms with Crippen LogP contribution in [-0.2, 0) is 4.79 Å². The highest BCUT2D eigenvalue weighted by Crippen LogP contribution is 2.58. The highest BCUT2D eigenvalue weighted by molar-refractivity contribution is 5.51. The van der Waals surface area contributed by atoms with Crippen molar-refractivity contribution in [2.75, 3.05) is 20.1 Å². The van der Waals surface area contributed by atoms with Crippen molar-refractivity contribution in [3.63, 3.8) is 0 Å². The highest BCUT2D eigenvalue weighted by Gasteiger charge is 2.54. The summed E-state index contributed by atoms with van der Waals surface area (Å²) in [6.45, 7) is 2.47. The smallest absolute Gasteiger partial charge is 0.120 e. The summed E-state index contributed by atoms with van der Waals surface area (Å²) in [6.07, 6.45) is 5.87. The summed E-state index contributed by atoms with van der Waals surface area (Å²) in [6, 6.07) is 0. The molecule has 2 aliphatic rings. The van der Waals surface area contributed by atoms with Crippen molar-refractivity contribution in [2.24, 2.45) is 11.3 Å². The zero-order valence-corrected chi connectivity index (χ0v) is 7.75. The second-order valence-electron chi connectivity index (χ2n) is 4.51. The van der Waals surface area contributed by atoms with E-state index in [0.717, 1.165) is 18.6 Å². The maximum absolute atomic E-state index is 10.3. The van der Waals surface area contributed by atoms with Crippen LogP contribution in [0.1, 0.15) is 25.7 Å². The highest BCUT2D eigenvalue weighted by atomic mass is 16.1. The molecule has 1 heterocycles. The quantitative estimate of drug-likeness (QED) is 0.578. The van der Waals surface area contributed by atoms with Crippen LogP contribution in [0.2, 0.25) is 0 Å². The van der Waals surface area contributed by atoms with E-state index in [4.69, 9.17) is 0 Å². The lowest BCUT2D eigenvalue weighted by atomic mass is 9.92. The van der Waals surface area contributed by atoms with E-state index in [0.29, 0.717) is 5.41 Å². The van der Waals surface area contributed by atoms with Gasteiger partial charge in [-0.3, -0.25) is 0 Å². The van der Waals surface area contributed by atoms with Crippen LogP contribution < -0.4 is 0 Å². The summed E-state index contributed by atoms with van der Waals surface area (Å²) in [5.74, 6) is 0.720. The number of hydrogen-bond acceptors (Lipinski definition) is 2. The summed E-state index contributed by atoms with van der Waals surface area (Å²) < 4.78 is 0. The van der Waals surface area contributed by atoms with Crippen molar-refractivity contribution in [3.8, 4) is 0 Å². The third kappa shape index (κ3) is 1.28. The van der Waals surface area contributed by atoms with E-state index in [-0.39, 0.29) is 0 Å². The van der Waals surface area contributed by atoms with Crippen molar-refractivity contribution in [2.45, 2.75) is 25.7 Å². The number of aldehydes is 1. The second kappa shape index (κ2) is 2.84. The van der Waals surface area contributed by atoms with Crippen molar-refractivity contribution < 1.29 is 4.79 Å². The maximum atomic E-state index is 10.3. The normalized spacial score (nSPS) is 41.6. The minimum Gasteiger partial charge on any atom is -0.306 e. The Labute approximate surface area is 73.9 Å². The Kier molecular flexibility index (Phi) is 1.95. The average Bonchev–Trinajstić information content (AvgIpc) is 2.63. The molecule has 0 aromatic carbocycles. The largest absolute Gasteiger partial charge is 0.306 e. The first-order valence-electron chi connectivity index (χ1n) is 4.89. The van der Waals surface area contributed by atoms with Gasteiger partial charge in [0.25, 0.3) is 0 Å². The average molecular weight is 167 g/mol. The molecule has 2 atom stereocenters. The van der Waals surface area contributed by atoms with Gasteiger partial charge in [-0.15, -0.1) is 0 Å². The van der Waals surface area contributed by atoms with E-state index in [1.165, 1.54) is 32.4 Å². The van der Waals surface area contributed by atoms with Gasteiger partial charge in [0.1, 0.15) is 6.29 Å². The molecule has 0 bridgehead atoms. The lowest BCUT2D eigenvalue weighted by Gasteiger charge is -2.30. The van der Waals surface area contributed by atoms with Crippen molar-refractivity contribution in [3.05, 3.63) is 0 Å². The van der Waals surface area contributed by atoms with Crippen molar-refractivity contribution >= 4 is 6.29 Å². The Morgan fingerprint density at radius 3 is 3.17 bits per heavy atom. The van der Waals surface area contributed by atoms with E-state index in [1.54, 1.807) is 0 Å². The van der Waals surface area contributed by atoms with Crippen LogP contribution in [0.15, 0.2) is 0 Å². The van der Waals surface area contributed by atoms with Gasteiger partial charge in [-0.1, -0.05) is 0 Å². The lowest BCUT2D eigenvalue weighted by Crippen LogP contribution is -2.34. The van der Waals surface area contributed by atoms with Crippen LogP contribution in [0, 0.1) is 11.3 Å². The van der Waals surface area contributed by atoms with Gasteiger partial charge in [-0.2, -0.15) is 0 Å². The van der Waals surface area contributed by atoms with Gasteiger partial charge in [-0.05, 0) is 44.2 Å². The second-order valence-corrected chi connectivity index (χ2v) is 4.51. The molecule has 2 fully saturated rings. The van der Waals surface area contributed by atoms with E-state index in [9.17, 15) is 4.79 Å². The Balaban J connectivity index is 1.91. The number of nitrogens with zero attached hydrogens (tertiary/aromatic N) is 1. The summed E-state index contributed by atoms with van der Waals surface area (Å²) in [4.78, 5) is 12.8. The van der Waals surface area contributed by atoms with Crippen molar-refractivity contribution in [1.82, 2.24) is 4.90 Å². The molecule has 1 saturated carbocycles. The SMILES string of the molecule is CN1CCCC2(CC2CC=O)C1. The van der Waals surface area contributed by atoms with Gasteiger partial charge in [-0.25, -0.2) is 0 Å². The fourth-order valence-corrected chi connectivity index (χ4v) is 2.78. The van der Waals surface area contributed by atoms with E-state index < -0.39 is 0 Å². The Morgan fingerprint density at radius 2 is 2.50 bits per heavy atom. The monoisotopic (exact) mass is 167 g/mol. The van der Waals surface area contributed by atoms with Crippen molar-refractivity contribution in [1.29, 1.82) is 0 Å². The molecule has 0 amide bonds. The third-order valence-electron chi connectivity index (χ3n) is 3.54. The minimum atomic E-state index is 0.563. The molecule has 0 aromatic heterocycles. The van der Waals surface area contributed by atoms with Crippen LogP contribution >= 0.6 is 0 Å². The first-order valence-corrected chi connectivity index (χ1v) is 4.89. The minimum absolute atomic E-state index is 0.563. The molecule has 2 nitrogen and oxygen atoms in total. The summed E-state index contributed by atoms with van der Waals surface area (Å²) in [5, 5.41) is 0. The molecule has 0 aromatic rings. The fourth-order valence-electron chi connectivity index (χ4n) is 2.78. The van der Waals surface area contributed by atoms with Crippen LogP contribution in [0.5, 0.6) is 0 Å². The van der Waals surface area contributed by atoms with Gasteiger partial charge in [0.05, 0.1) is 0 Å². The predicted octanol–water partition coefficient (Wildman–Crippen LogP) is 1.31. The third-order valence-corrected chi connectivity index (χ3v) is 3.54. The molecule has 1 spiro atoms. The standard InChI is InChI=1S/C10H17NO/c1-11-5-2-4-10(8-11)7-9(10)3-6-12/h6,9H,2-5,7-8H2,1H3. The molecule has 2 heteroatoms. The summed E-state index contributed by atoms with van der Waals surface area (Å²) in [5.41, 5.74) is 0.563. The molecule has 12 heavy (non-hydrogen) atoms. The molecule has 2 unspecified atom stereocenters. The summed E-state index contributed by atoms with van der Waals surface area (Å²) >= 11 is 0. The number of likely N-dealkylation sites (tertiary alicyclic amines) is 1. The molecule has 68 valence electrons. The van der Waals surface area contributed by atoms with Gasteiger partial charge >= 0.3 is 0 Å². The summed E-state index contributed by atoms with van der Waals surface area (Å²) in [7, 11) is 2.19. The number of hydrogen-bond donors (Lipinski definition) is 0. The first kappa shape index (κ1) is 8.24. The van der Waals surface area contributed by atoms with Gasteiger partial charge in [0.15, 0.2) is 0 Å². The molecular formula is C10H17NO. The number of carbonyl (C=O) groups excluding carboxylic acids is 1. The first-order chi connectivity index (χ1) is 5.77. The van der Waals surface area contributed by atoms with E-state index >= 15 is 0 Å². The van der Waals surface area contributed by atoms with E-state index in [2.05, 4.69) is 11.9 Å². The molecule has 2 rings (SSSR count). The lowest BCUT2D eigenvalue weighted by molar-refractivity contribution is -0.108. The van der Waals surface area contributed by atoms with Crippen LogP contribution in [0.3, 0.4) is 0 Å². The molecule has 1 aliphatic heterocycles.